The average molecular weight is 131 g/mol. The topological polar surface area (TPSA) is 20.2 Å². The molecule has 0 bridgehead atoms. The molecule has 1 radical (unpaired) electrons. The third-order valence-corrected chi connectivity index (χ3v) is 1.87. The summed E-state index contributed by atoms with van der Waals surface area (Å²) in [7, 11) is 0. The Morgan fingerprint density at radius 1 is 1.44 bits per heavy atom. The Morgan fingerprint density at radius 3 is 2.22 bits per heavy atom. The van der Waals surface area contributed by atoms with E-state index in [4.69, 9.17) is 0 Å². The van der Waals surface area contributed by atoms with Gasteiger partial charge in [0, 0.05) is 0 Å². The van der Waals surface area contributed by atoms with Crippen LogP contribution in [0.15, 0.2) is 0 Å². The summed E-state index contributed by atoms with van der Waals surface area (Å²) in [4.78, 5) is 0. The number of rotatable bonds is 0. The van der Waals surface area contributed by atoms with Crippen molar-refractivity contribution < 1.29 is 9.50 Å². The van der Waals surface area contributed by atoms with Crippen LogP contribution in [0.25, 0.3) is 0 Å². The van der Waals surface area contributed by atoms with Crippen LogP contribution in [0.3, 0.4) is 0 Å². The second-order valence-electron chi connectivity index (χ2n) is 3.01. The zero-order valence-electron chi connectivity index (χ0n) is 5.65. The van der Waals surface area contributed by atoms with Crippen molar-refractivity contribution in [2.45, 2.75) is 38.2 Å². The highest BCUT2D eigenvalue weighted by Crippen LogP contribution is 2.33. The Bertz CT molecular complexity index is 91.1. The minimum Gasteiger partial charge on any atom is -0.390 e. The van der Waals surface area contributed by atoms with Crippen LogP contribution in [0, 0.1) is 6.17 Å². The highest BCUT2D eigenvalue weighted by Gasteiger charge is 2.28. The largest absolute Gasteiger partial charge is 0.390 e. The van der Waals surface area contributed by atoms with E-state index in [1.165, 1.54) is 0 Å². The Kier molecular flexibility index (Phi) is 1.75. The smallest absolute Gasteiger partial charge is 0.145 e. The van der Waals surface area contributed by atoms with Gasteiger partial charge in [-0.25, -0.2) is 4.39 Å². The first kappa shape index (κ1) is 7.00. The van der Waals surface area contributed by atoms with Gasteiger partial charge in [-0.1, -0.05) is 0 Å². The second kappa shape index (κ2) is 2.25. The van der Waals surface area contributed by atoms with Gasteiger partial charge in [0.2, 0.25) is 0 Å². The molecule has 1 fully saturated rings. The van der Waals surface area contributed by atoms with E-state index in [-0.39, 0.29) is 6.17 Å². The molecule has 0 saturated heterocycles. The summed E-state index contributed by atoms with van der Waals surface area (Å²) in [6.45, 7) is 1.76. The van der Waals surface area contributed by atoms with E-state index in [1.54, 1.807) is 6.92 Å². The van der Waals surface area contributed by atoms with Gasteiger partial charge >= 0.3 is 0 Å². The summed E-state index contributed by atoms with van der Waals surface area (Å²) in [6, 6.07) is 0. The van der Waals surface area contributed by atoms with Crippen LogP contribution < -0.4 is 0 Å². The van der Waals surface area contributed by atoms with Crippen LogP contribution in [-0.4, -0.2) is 10.7 Å². The first-order valence-electron chi connectivity index (χ1n) is 3.33. The lowest BCUT2D eigenvalue weighted by molar-refractivity contribution is 0.0187. The molecule has 0 spiro atoms. The van der Waals surface area contributed by atoms with Crippen LogP contribution in [0.1, 0.15) is 32.6 Å². The molecule has 0 amide bonds. The molecule has 1 aliphatic carbocycles. The normalized spacial score (nSPS) is 28.3. The molecule has 0 atom stereocenters. The summed E-state index contributed by atoms with van der Waals surface area (Å²) in [5.41, 5.74) is -0.602. The lowest BCUT2D eigenvalue weighted by Crippen LogP contribution is -2.28. The van der Waals surface area contributed by atoms with E-state index in [9.17, 15) is 9.50 Å². The Morgan fingerprint density at radius 2 is 1.89 bits per heavy atom. The standard InChI is InChI=1S/C7H12FO/c1-7(9)4-2-6(8)3-5-7/h9H,2-5H2,1H3. The van der Waals surface area contributed by atoms with E-state index < -0.39 is 5.60 Å². The van der Waals surface area contributed by atoms with Gasteiger partial charge in [-0.05, 0) is 32.6 Å². The average Bonchev–Trinajstić information content (AvgIpc) is 1.78. The van der Waals surface area contributed by atoms with Crippen molar-refractivity contribution in [2.75, 3.05) is 0 Å². The van der Waals surface area contributed by atoms with Crippen molar-refractivity contribution in [3.05, 3.63) is 6.17 Å². The van der Waals surface area contributed by atoms with Gasteiger partial charge in [-0.2, -0.15) is 0 Å². The van der Waals surface area contributed by atoms with E-state index in [0.29, 0.717) is 25.7 Å². The van der Waals surface area contributed by atoms with E-state index in [1.807, 2.05) is 0 Å². The maximum absolute atomic E-state index is 12.3. The van der Waals surface area contributed by atoms with Crippen LogP contribution >= 0.6 is 0 Å². The highest BCUT2D eigenvalue weighted by molar-refractivity contribution is 4.90. The fraction of sp³-hybridized carbons (Fsp3) is 0.857. The van der Waals surface area contributed by atoms with Crippen LogP contribution in [0.2, 0.25) is 0 Å². The summed E-state index contributed by atoms with van der Waals surface area (Å²) in [5.74, 6) is 0. The van der Waals surface area contributed by atoms with Crippen molar-refractivity contribution in [2.24, 2.45) is 0 Å². The molecule has 1 N–H and O–H groups in total. The molecular weight excluding hydrogens is 119 g/mol. The van der Waals surface area contributed by atoms with Crippen LogP contribution in [0.5, 0.6) is 0 Å². The Hall–Kier alpha value is -0.110. The van der Waals surface area contributed by atoms with Gasteiger partial charge < -0.3 is 5.11 Å². The first-order chi connectivity index (χ1) is 4.10. The molecule has 1 nitrogen and oxygen atoms in total. The fourth-order valence-electron chi connectivity index (χ4n) is 1.06. The minimum atomic E-state index is -0.602. The molecule has 0 unspecified atom stereocenters. The maximum Gasteiger partial charge on any atom is 0.145 e. The van der Waals surface area contributed by atoms with Gasteiger partial charge in [-0.15, -0.1) is 0 Å². The Labute approximate surface area is 54.9 Å². The SMILES string of the molecule is CC1(O)CC[C](F)CC1. The Balaban J connectivity index is 2.35. The van der Waals surface area contributed by atoms with Crippen LogP contribution in [-0.2, 0) is 0 Å². The van der Waals surface area contributed by atoms with Gasteiger partial charge in [0.25, 0.3) is 0 Å². The minimum absolute atomic E-state index is 0.0431. The van der Waals surface area contributed by atoms with E-state index in [2.05, 4.69) is 0 Å². The molecule has 0 heterocycles. The fourth-order valence-corrected chi connectivity index (χ4v) is 1.06. The molecule has 0 aliphatic heterocycles. The first-order valence-corrected chi connectivity index (χ1v) is 3.33. The monoisotopic (exact) mass is 131 g/mol. The summed E-state index contributed by atoms with van der Waals surface area (Å²) >= 11 is 0. The van der Waals surface area contributed by atoms with E-state index >= 15 is 0 Å². The molecule has 0 aromatic rings. The van der Waals surface area contributed by atoms with Gasteiger partial charge in [0.05, 0.1) is 5.60 Å². The third kappa shape index (κ3) is 1.94. The summed E-state index contributed by atoms with van der Waals surface area (Å²) in [5, 5.41) is 9.31. The van der Waals surface area contributed by atoms with Gasteiger partial charge in [0.15, 0.2) is 0 Å². The molecular formula is C7H12FO. The quantitative estimate of drug-likeness (QED) is 0.531. The van der Waals surface area contributed by atoms with Gasteiger partial charge in [0.1, 0.15) is 6.17 Å². The van der Waals surface area contributed by atoms with Crippen molar-refractivity contribution in [3.8, 4) is 0 Å². The molecule has 1 rings (SSSR count). The van der Waals surface area contributed by atoms with Crippen molar-refractivity contribution in [1.82, 2.24) is 0 Å². The van der Waals surface area contributed by atoms with Crippen molar-refractivity contribution >= 4 is 0 Å². The maximum atomic E-state index is 12.3. The van der Waals surface area contributed by atoms with Crippen molar-refractivity contribution in [3.63, 3.8) is 0 Å². The number of hydrogen-bond acceptors (Lipinski definition) is 1. The molecule has 1 aliphatic rings. The predicted molar refractivity (Wildman–Crippen MR) is 33.4 cm³/mol. The number of hydrogen-bond donors (Lipinski definition) is 1. The van der Waals surface area contributed by atoms with Crippen molar-refractivity contribution in [1.29, 1.82) is 0 Å². The second-order valence-corrected chi connectivity index (χ2v) is 3.01. The predicted octanol–water partition coefficient (Wildman–Crippen LogP) is 1.81. The number of aliphatic hydroxyl groups is 1. The molecule has 1 saturated carbocycles. The van der Waals surface area contributed by atoms with Crippen LogP contribution in [0.4, 0.5) is 4.39 Å². The molecule has 0 aromatic heterocycles. The molecule has 53 valence electrons. The lowest BCUT2D eigenvalue weighted by Gasteiger charge is -2.28. The van der Waals surface area contributed by atoms with E-state index in [0.717, 1.165) is 0 Å². The highest BCUT2D eigenvalue weighted by atomic mass is 19.1. The summed E-state index contributed by atoms with van der Waals surface area (Å²) < 4.78 is 12.3. The molecule has 2 heteroatoms. The molecule has 0 aromatic carbocycles. The van der Waals surface area contributed by atoms with Gasteiger partial charge in [-0.3, -0.25) is 0 Å². The zero-order chi connectivity index (χ0) is 6.91. The lowest BCUT2D eigenvalue weighted by atomic mass is 9.86. The summed E-state index contributed by atoms with van der Waals surface area (Å²) in [6.07, 6.45) is 2.11. The molecule has 9 heavy (non-hydrogen) atoms. The third-order valence-electron chi connectivity index (χ3n) is 1.87. The zero-order valence-corrected chi connectivity index (χ0v) is 5.65. The number of halogens is 1.